The number of rotatable bonds is 4. The van der Waals surface area contributed by atoms with Gasteiger partial charge in [-0.25, -0.2) is 14.6 Å². The van der Waals surface area contributed by atoms with Crippen molar-refractivity contribution in [3.8, 4) is 11.1 Å². The average molecular weight is 441 g/mol. The number of pyridine rings is 1. The molecule has 4 aromatic heterocycles. The molecule has 6 rings (SSSR count). The quantitative estimate of drug-likeness (QED) is 0.440. The summed E-state index contributed by atoms with van der Waals surface area (Å²) in [6, 6.07) is 10.2. The smallest absolute Gasteiger partial charge is 0.229 e. The summed E-state index contributed by atoms with van der Waals surface area (Å²) in [7, 11) is 4.04. The Kier molecular flexibility index (Phi) is 4.65. The van der Waals surface area contributed by atoms with Gasteiger partial charge >= 0.3 is 0 Å². The molecule has 166 valence electrons. The largest absolute Gasteiger partial charge is 0.354 e. The van der Waals surface area contributed by atoms with Gasteiger partial charge < -0.3 is 20.1 Å². The molecule has 0 spiro atoms. The van der Waals surface area contributed by atoms with Gasteiger partial charge in [0.05, 0.1) is 17.4 Å². The van der Waals surface area contributed by atoms with Crippen molar-refractivity contribution in [3.63, 3.8) is 0 Å². The Balaban J connectivity index is 1.22. The fourth-order valence-corrected chi connectivity index (χ4v) is 4.22. The van der Waals surface area contributed by atoms with Gasteiger partial charge in [-0.15, -0.1) is 5.10 Å². The number of likely N-dealkylation sites (N-methyl/N-ethyl adjacent to an activating group) is 1. The number of aromatic amines is 1. The molecule has 1 aromatic carbocycles. The zero-order valence-electron chi connectivity index (χ0n) is 18.5. The van der Waals surface area contributed by atoms with E-state index in [0.29, 0.717) is 5.95 Å². The molecule has 10 heteroatoms. The molecule has 1 fully saturated rings. The van der Waals surface area contributed by atoms with Crippen LogP contribution in [0.25, 0.3) is 33.2 Å². The number of fused-ring (bicyclic) bond motifs is 2. The third kappa shape index (κ3) is 3.64. The van der Waals surface area contributed by atoms with Gasteiger partial charge in [-0.3, -0.25) is 0 Å². The van der Waals surface area contributed by atoms with Gasteiger partial charge in [-0.05, 0) is 36.9 Å². The molecule has 0 aliphatic carbocycles. The first-order valence-electron chi connectivity index (χ1n) is 10.9. The number of anilines is 3. The van der Waals surface area contributed by atoms with Crippen LogP contribution in [-0.4, -0.2) is 73.1 Å². The number of benzene rings is 1. The summed E-state index contributed by atoms with van der Waals surface area (Å²) >= 11 is 0. The predicted molar refractivity (Wildman–Crippen MR) is 129 cm³/mol. The standard InChI is InChI=1S/C23H24N10/c1-31-7-9-33(10-8-31)21-6-4-16(12-24-21)27-23-26-14-18-17(13-25-22(18)28-23)15-3-5-19-20(11-15)32(2)30-29-19/h3-6,11-14H,7-10H2,1-2H3,(H2,25,26,27,28). The van der Waals surface area contributed by atoms with Crippen LogP contribution < -0.4 is 10.2 Å². The van der Waals surface area contributed by atoms with Gasteiger partial charge in [0.1, 0.15) is 17.0 Å². The van der Waals surface area contributed by atoms with E-state index in [0.717, 1.165) is 70.9 Å². The van der Waals surface area contributed by atoms with Crippen molar-refractivity contribution in [2.45, 2.75) is 0 Å². The Morgan fingerprint density at radius 3 is 2.67 bits per heavy atom. The molecule has 1 aliphatic heterocycles. The van der Waals surface area contributed by atoms with E-state index in [4.69, 9.17) is 0 Å². The maximum atomic E-state index is 4.66. The lowest BCUT2D eigenvalue weighted by Crippen LogP contribution is -2.44. The first-order chi connectivity index (χ1) is 16.1. The van der Waals surface area contributed by atoms with Gasteiger partial charge in [-0.2, -0.15) is 4.98 Å². The highest BCUT2D eigenvalue weighted by atomic mass is 15.4. The summed E-state index contributed by atoms with van der Waals surface area (Å²) in [5.74, 6) is 1.52. The molecule has 0 amide bonds. The molecule has 10 nitrogen and oxygen atoms in total. The van der Waals surface area contributed by atoms with Gasteiger partial charge in [0.25, 0.3) is 0 Å². The second kappa shape index (κ2) is 7.82. The van der Waals surface area contributed by atoms with E-state index in [1.807, 2.05) is 49.9 Å². The average Bonchev–Trinajstić information content (AvgIpc) is 3.43. The summed E-state index contributed by atoms with van der Waals surface area (Å²) in [6.45, 7) is 4.10. The van der Waals surface area contributed by atoms with E-state index in [2.05, 4.69) is 58.5 Å². The molecule has 0 bridgehead atoms. The fourth-order valence-electron chi connectivity index (χ4n) is 4.22. The minimum Gasteiger partial charge on any atom is -0.354 e. The van der Waals surface area contributed by atoms with Gasteiger partial charge in [0.2, 0.25) is 5.95 Å². The maximum absolute atomic E-state index is 4.66. The summed E-state index contributed by atoms with van der Waals surface area (Å²) in [4.78, 5) is 21.7. The normalized spacial score (nSPS) is 14.9. The second-order valence-corrected chi connectivity index (χ2v) is 8.40. The van der Waals surface area contributed by atoms with E-state index in [9.17, 15) is 0 Å². The van der Waals surface area contributed by atoms with Crippen molar-refractivity contribution in [3.05, 3.63) is 48.9 Å². The van der Waals surface area contributed by atoms with Crippen LogP contribution in [0.5, 0.6) is 0 Å². The third-order valence-corrected chi connectivity index (χ3v) is 6.19. The highest BCUT2D eigenvalue weighted by Crippen LogP contribution is 2.30. The first kappa shape index (κ1) is 19.6. The van der Waals surface area contributed by atoms with E-state index < -0.39 is 0 Å². The minimum absolute atomic E-state index is 0.524. The van der Waals surface area contributed by atoms with E-state index >= 15 is 0 Å². The van der Waals surface area contributed by atoms with Crippen molar-refractivity contribution in [2.75, 3.05) is 43.4 Å². The van der Waals surface area contributed by atoms with Gasteiger partial charge in [-0.1, -0.05) is 11.3 Å². The van der Waals surface area contributed by atoms with Crippen LogP contribution in [0.3, 0.4) is 0 Å². The van der Waals surface area contributed by atoms with Crippen molar-refractivity contribution < 1.29 is 0 Å². The number of aryl methyl sites for hydroxylation is 1. The van der Waals surface area contributed by atoms with Crippen molar-refractivity contribution >= 4 is 39.5 Å². The molecule has 5 heterocycles. The van der Waals surface area contributed by atoms with Gasteiger partial charge in [0, 0.05) is 56.6 Å². The zero-order chi connectivity index (χ0) is 22.4. The Morgan fingerprint density at radius 1 is 0.970 bits per heavy atom. The highest BCUT2D eigenvalue weighted by molar-refractivity contribution is 5.95. The molecule has 0 atom stereocenters. The lowest BCUT2D eigenvalue weighted by atomic mass is 10.1. The Morgan fingerprint density at radius 2 is 1.85 bits per heavy atom. The number of nitrogens with zero attached hydrogens (tertiary/aromatic N) is 8. The Hall–Kier alpha value is -4.05. The van der Waals surface area contributed by atoms with Crippen LogP contribution in [0.15, 0.2) is 48.9 Å². The summed E-state index contributed by atoms with van der Waals surface area (Å²) in [5.41, 5.74) is 5.58. The molecule has 33 heavy (non-hydrogen) atoms. The molecule has 5 aromatic rings. The maximum Gasteiger partial charge on any atom is 0.229 e. The minimum atomic E-state index is 0.524. The monoisotopic (exact) mass is 440 g/mol. The lowest BCUT2D eigenvalue weighted by molar-refractivity contribution is 0.312. The van der Waals surface area contributed by atoms with Crippen LogP contribution in [0.2, 0.25) is 0 Å². The molecular formula is C23H24N10. The number of piperazine rings is 1. The number of hydrogen-bond donors (Lipinski definition) is 2. The van der Waals surface area contributed by atoms with Crippen molar-refractivity contribution in [2.24, 2.45) is 7.05 Å². The van der Waals surface area contributed by atoms with E-state index in [1.54, 1.807) is 4.68 Å². The van der Waals surface area contributed by atoms with Crippen LogP contribution in [0, 0.1) is 0 Å². The molecule has 1 saturated heterocycles. The summed E-state index contributed by atoms with van der Waals surface area (Å²) < 4.78 is 1.77. The lowest BCUT2D eigenvalue weighted by Gasteiger charge is -2.33. The highest BCUT2D eigenvalue weighted by Gasteiger charge is 2.15. The third-order valence-electron chi connectivity index (χ3n) is 6.19. The summed E-state index contributed by atoms with van der Waals surface area (Å²) in [5, 5.41) is 12.5. The number of nitrogens with one attached hydrogen (secondary N) is 2. The van der Waals surface area contributed by atoms with Crippen LogP contribution in [0.1, 0.15) is 0 Å². The molecule has 1 aliphatic rings. The molecular weight excluding hydrogens is 416 g/mol. The van der Waals surface area contributed by atoms with Crippen LogP contribution >= 0.6 is 0 Å². The topological polar surface area (TPSA) is 104 Å². The molecule has 0 radical (unpaired) electrons. The SMILES string of the molecule is CN1CCN(c2ccc(Nc3ncc4c(-c5ccc6nnn(C)c6c5)c[nH]c4n3)cn2)CC1. The summed E-state index contributed by atoms with van der Waals surface area (Å²) in [6.07, 6.45) is 5.63. The Labute approximate surface area is 190 Å². The first-order valence-corrected chi connectivity index (χ1v) is 10.9. The fraction of sp³-hybridized carbons (Fsp3) is 0.261. The van der Waals surface area contributed by atoms with E-state index in [-0.39, 0.29) is 0 Å². The van der Waals surface area contributed by atoms with Crippen molar-refractivity contribution in [1.29, 1.82) is 0 Å². The number of hydrogen-bond acceptors (Lipinski definition) is 8. The molecule has 2 N–H and O–H groups in total. The molecule has 0 saturated carbocycles. The zero-order valence-corrected chi connectivity index (χ0v) is 18.5. The predicted octanol–water partition coefficient (Wildman–Crippen LogP) is 2.80. The number of H-pyrrole nitrogens is 1. The van der Waals surface area contributed by atoms with Gasteiger partial charge in [0.15, 0.2) is 0 Å². The second-order valence-electron chi connectivity index (χ2n) is 8.40. The number of aromatic nitrogens is 7. The van der Waals surface area contributed by atoms with Crippen LogP contribution in [-0.2, 0) is 7.05 Å². The van der Waals surface area contributed by atoms with E-state index in [1.165, 1.54) is 0 Å². The van der Waals surface area contributed by atoms with Crippen molar-refractivity contribution in [1.82, 2.24) is 39.8 Å². The molecule has 0 unspecified atom stereocenters. The van der Waals surface area contributed by atoms with Crippen LogP contribution in [0.4, 0.5) is 17.5 Å². The Bertz CT molecular complexity index is 1430.